The highest BCUT2D eigenvalue weighted by Gasteiger charge is 2.08. The van der Waals surface area contributed by atoms with E-state index < -0.39 is 0 Å². The summed E-state index contributed by atoms with van der Waals surface area (Å²) in [5, 5.41) is 0.806. The Labute approximate surface area is 125 Å². The van der Waals surface area contributed by atoms with Crippen molar-refractivity contribution in [1.29, 1.82) is 0 Å². The smallest absolute Gasteiger partial charge is 0.324 e. The second-order valence-corrected chi connectivity index (χ2v) is 4.53. The fourth-order valence-electron chi connectivity index (χ4n) is 2.11. The van der Waals surface area contributed by atoms with Crippen LogP contribution in [0.2, 0.25) is 0 Å². The Morgan fingerprint density at radius 3 is 2.82 bits per heavy atom. The molecule has 3 aromatic rings. The lowest BCUT2D eigenvalue weighted by Crippen LogP contribution is -1.93. The summed E-state index contributed by atoms with van der Waals surface area (Å²) in [4.78, 5) is 17.1. The SMILES string of the molecule is C1=COc2ccccc2C=Nc2nc(nc3cnccc23)O1. The molecular weight excluding hydrogens is 280 g/mol. The van der Waals surface area contributed by atoms with Crippen LogP contribution >= 0.6 is 0 Å². The molecule has 0 N–H and O–H groups in total. The maximum atomic E-state index is 5.53. The zero-order valence-electron chi connectivity index (χ0n) is 11.4. The summed E-state index contributed by atoms with van der Waals surface area (Å²) in [6.07, 6.45) is 7.87. The van der Waals surface area contributed by atoms with E-state index in [2.05, 4.69) is 19.9 Å². The van der Waals surface area contributed by atoms with Crippen LogP contribution in [0.25, 0.3) is 10.9 Å². The molecule has 2 bridgehead atoms. The lowest BCUT2D eigenvalue weighted by atomic mass is 10.2. The number of para-hydroxylation sites is 1. The molecule has 6 nitrogen and oxygen atoms in total. The van der Waals surface area contributed by atoms with Crippen molar-refractivity contribution in [2.24, 2.45) is 4.99 Å². The number of ether oxygens (including phenoxy) is 2. The molecule has 0 unspecified atom stereocenters. The van der Waals surface area contributed by atoms with Crippen LogP contribution in [-0.4, -0.2) is 21.2 Å². The van der Waals surface area contributed by atoms with Gasteiger partial charge in [-0.1, -0.05) is 12.1 Å². The van der Waals surface area contributed by atoms with E-state index in [9.17, 15) is 0 Å². The summed E-state index contributed by atoms with van der Waals surface area (Å²) in [5.74, 6) is 1.20. The third-order valence-electron chi connectivity index (χ3n) is 3.13. The van der Waals surface area contributed by atoms with E-state index in [1.165, 1.54) is 12.5 Å². The number of rotatable bonds is 0. The van der Waals surface area contributed by atoms with Gasteiger partial charge in [0.2, 0.25) is 0 Å². The number of aromatic nitrogens is 3. The minimum atomic E-state index is 0.193. The van der Waals surface area contributed by atoms with Crippen molar-refractivity contribution < 1.29 is 9.47 Å². The zero-order valence-corrected chi connectivity index (χ0v) is 11.4. The van der Waals surface area contributed by atoms with Crippen LogP contribution in [0.1, 0.15) is 5.56 Å². The first kappa shape index (κ1) is 12.5. The summed E-state index contributed by atoms with van der Waals surface area (Å²) in [5.41, 5.74) is 1.51. The first-order valence-electron chi connectivity index (χ1n) is 6.63. The second-order valence-electron chi connectivity index (χ2n) is 4.53. The second kappa shape index (κ2) is 5.25. The van der Waals surface area contributed by atoms with E-state index in [0.717, 1.165) is 10.9 Å². The number of pyridine rings is 1. The Hall–Kier alpha value is -3.28. The molecule has 4 rings (SSSR count). The highest BCUT2D eigenvalue weighted by Crippen LogP contribution is 2.26. The summed E-state index contributed by atoms with van der Waals surface area (Å²) in [7, 11) is 0. The molecule has 0 spiro atoms. The minimum absolute atomic E-state index is 0.193. The predicted molar refractivity (Wildman–Crippen MR) is 81.4 cm³/mol. The fourth-order valence-corrected chi connectivity index (χ4v) is 2.11. The molecule has 0 atom stereocenters. The van der Waals surface area contributed by atoms with Gasteiger partial charge in [-0.25, -0.2) is 4.99 Å². The summed E-state index contributed by atoms with van der Waals surface area (Å²) >= 11 is 0. The topological polar surface area (TPSA) is 69.5 Å². The first-order valence-corrected chi connectivity index (χ1v) is 6.63. The Bertz CT molecular complexity index is 906. The average Bonchev–Trinajstić information content (AvgIpc) is 2.59. The zero-order chi connectivity index (χ0) is 14.8. The Morgan fingerprint density at radius 2 is 1.82 bits per heavy atom. The third-order valence-corrected chi connectivity index (χ3v) is 3.13. The monoisotopic (exact) mass is 290 g/mol. The summed E-state index contributed by atoms with van der Waals surface area (Å²) < 4.78 is 10.9. The quantitative estimate of drug-likeness (QED) is 0.636. The van der Waals surface area contributed by atoms with Crippen LogP contribution in [0.5, 0.6) is 11.8 Å². The van der Waals surface area contributed by atoms with Crippen molar-refractivity contribution in [2.45, 2.75) is 0 Å². The van der Waals surface area contributed by atoms with E-state index in [0.29, 0.717) is 17.1 Å². The molecule has 0 saturated carbocycles. The van der Waals surface area contributed by atoms with Gasteiger partial charge >= 0.3 is 6.01 Å². The normalized spacial score (nSPS) is 12.9. The number of nitrogens with zero attached hydrogens (tertiary/aromatic N) is 4. The molecule has 1 aliphatic heterocycles. The molecule has 2 aromatic heterocycles. The molecule has 6 heteroatoms. The van der Waals surface area contributed by atoms with Crippen molar-refractivity contribution >= 4 is 22.9 Å². The highest BCUT2D eigenvalue weighted by molar-refractivity contribution is 5.92. The number of benzene rings is 1. The van der Waals surface area contributed by atoms with Gasteiger partial charge in [-0.15, -0.1) is 0 Å². The van der Waals surface area contributed by atoms with Gasteiger partial charge < -0.3 is 9.47 Å². The van der Waals surface area contributed by atoms with E-state index in [4.69, 9.17) is 9.47 Å². The molecule has 0 aliphatic carbocycles. The standard InChI is InChI=1S/C16H10N4O2/c1-2-4-14-11(3-1)9-18-15-12-5-6-17-10-13(12)19-16(20-15)22-8-7-21-14/h1-10H. The van der Waals surface area contributed by atoms with Crippen molar-refractivity contribution in [3.8, 4) is 11.8 Å². The van der Waals surface area contributed by atoms with Crippen LogP contribution in [-0.2, 0) is 0 Å². The number of hydrogen-bond donors (Lipinski definition) is 0. The molecule has 106 valence electrons. The van der Waals surface area contributed by atoms with E-state index in [-0.39, 0.29) is 6.01 Å². The maximum Gasteiger partial charge on any atom is 0.324 e. The third kappa shape index (κ3) is 2.26. The van der Waals surface area contributed by atoms with Gasteiger partial charge in [0.1, 0.15) is 18.3 Å². The number of aliphatic imine (C=N–C) groups is 1. The molecular formula is C16H10N4O2. The minimum Gasteiger partial charge on any atom is -0.461 e. The van der Waals surface area contributed by atoms with Gasteiger partial charge in [-0.2, -0.15) is 9.97 Å². The van der Waals surface area contributed by atoms with Gasteiger partial charge in [-0.3, -0.25) is 4.98 Å². The van der Waals surface area contributed by atoms with Crippen molar-refractivity contribution in [3.05, 3.63) is 60.8 Å². The molecule has 22 heavy (non-hydrogen) atoms. The predicted octanol–water partition coefficient (Wildman–Crippen LogP) is 3.02. The molecule has 1 aliphatic rings. The molecule has 0 saturated heterocycles. The van der Waals surface area contributed by atoms with Gasteiger partial charge in [-0.05, 0) is 18.2 Å². The van der Waals surface area contributed by atoms with Crippen LogP contribution in [0.15, 0.2) is 60.2 Å². The van der Waals surface area contributed by atoms with E-state index in [1.807, 2.05) is 30.3 Å². The average molecular weight is 290 g/mol. The van der Waals surface area contributed by atoms with Crippen LogP contribution in [0.4, 0.5) is 5.82 Å². The maximum absolute atomic E-state index is 5.53. The lowest BCUT2D eigenvalue weighted by molar-refractivity contribution is 0.402. The number of hydrogen-bond acceptors (Lipinski definition) is 6. The fraction of sp³-hybridized carbons (Fsp3) is 0. The van der Waals surface area contributed by atoms with Crippen molar-refractivity contribution in [2.75, 3.05) is 0 Å². The van der Waals surface area contributed by atoms with Gasteiger partial charge in [0.25, 0.3) is 0 Å². The van der Waals surface area contributed by atoms with Gasteiger partial charge in [0.05, 0.1) is 11.7 Å². The molecule has 1 aromatic carbocycles. The largest absolute Gasteiger partial charge is 0.461 e. The summed E-state index contributed by atoms with van der Waals surface area (Å²) in [6, 6.07) is 9.59. The number of fused-ring (bicyclic) bond motifs is 5. The Morgan fingerprint density at radius 1 is 0.909 bits per heavy atom. The van der Waals surface area contributed by atoms with Crippen LogP contribution in [0.3, 0.4) is 0 Å². The van der Waals surface area contributed by atoms with Crippen molar-refractivity contribution in [3.63, 3.8) is 0 Å². The molecule has 0 fully saturated rings. The van der Waals surface area contributed by atoms with E-state index in [1.54, 1.807) is 18.6 Å². The van der Waals surface area contributed by atoms with E-state index >= 15 is 0 Å². The Kier molecular flexibility index (Phi) is 2.97. The molecule has 3 heterocycles. The molecule has 0 radical (unpaired) electrons. The molecule has 0 amide bonds. The van der Waals surface area contributed by atoms with Gasteiger partial charge in [0, 0.05) is 23.4 Å². The summed E-state index contributed by atoms with van der Waals surface area (Å²) in [6.45, 7) is 0. The highest BCUT2D eigenvalue weighted by atomic mass is 16.5. The Balaban J connectivity index is 1.93. The first-order chi connectivity index (χ1) is 10.9. The van der Waals surface area contributed by atoms with Gasteiger partial charge in [0.15, 0.2) is 5.82 Å². The van der Waals surface area contributed by atoms with Crippen molar-refractivity contribution in [1.82, 2.24) is 15.0 Å². The van der Waals surface area contributed by atoms with Crippen LogP contribution in [0, 0.1) is 0 Å². The van der Waals surface area contributed by atoms with Crippen LogP contribution < -0.4 is 9.47 Å². The lowest BCUT2D eigenvalue weighted by Gasteiger charge is -2.03.